The molecule has 1 aliphatic rings. The van der Waals surface area contributed by atoms with E-state index in [-0.39, 0.29) is 30.9 Å². The van der Waals surface area contributed by atoms with E-state index in [1.165, 1.54) is 13.1 Å². The second-order valence-corrected chi connectivity index (χ2v) is 7.75. The van der Waals surface area contributed by atoms with E-state index < -0.39 is 49.6 Å². The summed E-state index contributed by atoms with van der Waals surface area (Å²) in [6.45, 7) is 0.792. The molecule has 27 heavy (non-hydrogen) atoms. The summed E-state index contributed by atoms with van der Waals surface area (Å²) in [5, 5.41) is 10.1. The molecule has 13 heteroatoms. The van der Waals surface area contributed by atoms with Gasteiger partial charge in [0.1, 0.15) is 12.3 Å². The van der Waals surface area contributed by atoms with Gasteiger partial charge in [0, 0.05) is 24.1 Å². The maximum absolute atomic E-state index is 12.0. The fraction of sp³-hybridized carbons (Fsp3) is 0.643. The summed E-state index contributed by atoms with van der Waals surface area (Å²) in [6, 6.07) is 0. The first kappa shape index (κ1) is 21.8. The van der Waals surface area contributed by atoms with Crippen LogP contribution in [0.1, 0.15) is 25.1 Å². The Labute approximate surface area is 158 Å². The lowest BCUT2D eigenvalue weighted by atomic mass is 10.2. The summed E-state index contributed by atoms with van der Waals surface area (Å²) in [6.07, 6.45) is -1.65. The Bertz CT molecular complexity index is 839. The molecule has 0 aliphatic carbocycles. The minimum Gasteiger partial charge on any atom is -0.457 e. The van der Waals surface area contributed by atoms with Crippen molar-refractivity contribution in [1.82, 2.24) is 9.55 Å². The molecule has 0 radical (unpaired) electrons. The van der Waals surface area contributed by atoms with Crippen molar-refractivity contribution in [3.8, 4) is 0 Å². The molecule has 0 aromatic carbocycles. The van der Waals surface area contributed by atoms with E-state index in [9.17, 15) is 28.9 Å². The van der Waals surface area contributed by atoms with Crippen molar-refractivity contribution in [2.24, 2.45) is 0 Å². The van der Waals surface area contributed by atoms with Crippen molar-refractivity contribution in [3.63, 3.8) is 0 Å². The van der Waals surface area contributed by atoms with Crippen LogP contribution in [0, 0.1) is 0 Å². The van der Waals surface area contributed by atoms with Gasteiger partial charge in [-0.1, -0.05) is 0 Å². The van der Waals surface area contributed by atoms with Gasteiger partial charge in [-0.3, -0.25) is 18.9 Å². The molecule has 0 bridgehead atoms. The molecule has 3 N–H and O–H groups in total. The lowest BCUT2D eigenvalue weighted by molar-refractivity contribution is -0.0424. The molecule has 2 rings (SSSR count). The van der Waals surface area contributed by atoms with Gasteiger partial charge in [-0.05, 0) is 13.3 Å². The van der Waals surface area contributed by atoms with E-state index >= 15 is 0 Å². The third-order valence-electron chi connectivity index (χ3n) is 3.83. The van der Waals surface area contributed by atoms with Gasteiger partial charge in [-0.15, -0.1) is 11.6 Å². The van der Waals surface area contributed by atoms with Gasteiger partial charge in [-0.2, -0.15) is 0 Å². The number of rotatable bonds is 8. The molecule has 1 saturated heterocycles. The largest absolute Gasteiger partial charge is 0.457 e. The van der Waals surface area contributed by atoms with Gasteiger partial charge in [0.2, 0.25) is 0 Å². The number of halogens is 1. The first-order chi connectivity index (χ1) is 12.7. The summed E-state index contributed by atoms with van der Waals surface area (Å²) >= 11 is 5.62. The molecule has 0 amide bonds. The molecule has 0 saturated carbocycles. The molecule has 0 spiro atoms. The Morgan fingerprint density at radius 3 is 2.85 bits per heavy atom. The number of alkyl halides is 1. The third-order valence-corrected chi connectivity index (χ3v) is 5.11. The Hall–Kier alpha value is -1.49. The van der Waals surface area contributed by atoms with Crippen molar-refractivity contribution < 1.29 is 33.4 Å². The van der Waals surface area contributed by atoms with Crippen molar-refractivity contribution >= 4 is 24.9 Å². The van der Waals surface area contributed by atoms with Gasteiger partial charge in [0.15, 0.2) is 0 Å². The number of ether oxygens (including phenoxy) is 2. The molecule has 1 fully saturated rings. The summed E-state index contributed by atoms with van der Waals surface area (Å²) in [5.74, 6) is 0.172. The van der Waals surface area contributed by atoms with Crippen LogP contribution in [0.2, 0.25) is 0 Å². The van der Waals surface area contributed by atoms with Crippen molar-refractivity contribution in [2.75, 3.05) is 19.1 Å². The minimum atomic E-state index is -4.69. The number of nitrogens with one attached hydrogen (secondary N) is 1. The van der Waals surface area contributed by atoms with Crippen LogP contribution < -0.4 is 11.2 Å². The van der Waals surface area contributed by atoms with E-state index in [0.29, 0.717) is 0 Å². The number of hydrogen-bond acceptors (Lipinski definition) is 8. The lowest BCUT2D eigenvalue weighted by Gasteiger charge is -2.18. The number of carbonyl (C=O) groups excluding carboxylic acids is 1. The van der Waals surface area contributed by atoms with Crippen LogP contribution in [0.25, 0.3) is 0 Å². The standard InChI is InChI=1S/C14H20ClN2O9P/c1-2-24-14(21)27(22,23)25-7-10-9(18)5-11(26-10)17-6-8(3-4-15)12(19)16-13(17)20/h6,9-11,18H,2-5,7H2,1H3,(H,22,23)(H,16,19,20)/t9-,10+,11+/m0/s1. The molecule has 1 aliphatic heterocycles. The highest BCUT2D eigenvalue weighted by Crippen LogP contribution is 2.45. The molecule has 1 unspecified atom stereocenters. The van der Waals surface area contributed by atoms with Crippen LogP contribution in [0.4, 0.5) is 4.79 Å². The van der Waals surface area contributed by atoms with Crippen molar-refractivity contribution in [1.29, 1.82) is 0 Å². The van der Waals surface area contributed by atoms with Gasteiger partial charge in [0.25, 0.3) is 5.56 Å². The van der Waals surface area contributed by atoms with Gasteiger partial charge in [0.05, 0.1) is 19.3 Å². The van der Waals surface area contributed by atoms with Gasteiger partial charge < -0.3 is 19.5 Å². The van der Waals surface area contributed by atoms with Crippen LogP contribution in [0.15, 0.2) is 15.8 Å². The molecular formula is C14H20ClN2O9P. The summed E-state index contributed by atoms with van der Waals surface area (Å²) < 4.78 is 27.4. The third kappa shape index (κ3) is 5.28. The zero-order valence-corrected chi connectivity index (χ0v) is 16.0. The predicted octanol–water partition coefficient (Wildman–Crippen LogP) is 0.325. The quantitative estimate of drug-likeness (QED) is 0.393. The average Bonchev–Trinajstić information content (AvgIpc) is 2.96. The lowest BCUT2D eigenvalue weighted by Crippen LogP contribution is -2.34. The molecular weight excluding hydrogens is 407 g/mol. The van der Waals surface area contributed by atoms with Gasteiger partial charge in [-0.25, -0.2) is 14.2 Å². The Morgan fingerprint density at radius 2 is 2.22 bits per heavy atom. The zero-order valence-electron chi connectivity index (χ0n) is 14.4. The topological polar surface area (TPSA) is 157 Å². The highest BCUT2D eigenvalue weighted by molar-refractivity contribution is 7.70. The number of aryl methyl sites for hydroxylation is 1. The zero-order chi connectivity index (χ0) is 20.2. The maximum atomic E-state index is 12.0. The number of hydrogen-bond donors (Lipinski definition) is 3. The number of carbonyl (C=O) groups is 1. The summed E-state index contributed by atoms with van der Waals surface area (Å²) in [5.41, 5.74) is -2.44. The average molecular weight is 427 g/mol. The van der Waals surface area contributed by atoms with Gasteiger partial charge >= 0.3 is 19.0 Å². The minimum absolute atomic E-state index is 0.0323. The van der Waals surface area contributed by atoms with Crippen LogP contribution in [0.3, 0.4) is 0 Å². The van der Waals surface area contributed by atoms with E-state index in [1.54, 1.807) is 0 Å². The van der Waals surface area contributed by atoms with E-state index in [0.717, 1.165) is 4.57 Å². The van der Waals surface area contributed by atoms with E-state index in [2.05, 4.69) is 14.2 Å². The second kappa shape index (κ2) is 9.13. The number of nitrogens with zero attached hydrogens (tertiary/aromatic N) is 1. The normalized spacial score (nSPS) is 24.5. The molecule has 11 nitrogen and oxygen atoms in total. The number of aromatic amines is 1. The van der Waals surface area contributed by atoms with Crippen molar-refractivity contribution in [2.45, 2.75) is 38.2 Å². The SMILES string of the molecule is CCOC(=O)P(=O)(O)OC[C@H]1O[C@@H](n2cc(CCCl)c(=O)[nH]c2=O)C[C@@H]1O. The van der Waals surface area contributed by atoms with E-state index in [4.69, 9.17) is 16.3 Å². The maximum Gasteiger partial charge on any atom is 0.435 e. The summed E-state index contributed by atoms with van der Waals surface area (Å²) in [7, 11) is -4.69. The van der Waals surface area contributed by atoms with Crippen LogP contribution in [0.5, 0.6) is 0 Å². The molecule has 1 aromatic rings. The first-order valence-corrected chi connectivity index (χ1v) is 10.2. The number of aliphatic hydroxyl groups is 1. The Kier molecular flexibility index (Phi) is 7.38. The van der Waals surface area contributed by atoms with E-state index in [1.807, 2.05) is 0 Å². The summed E-state index contributed by atoms with van der Waals surface area (Å²) in [4.78, 5) is 46.8. The number of aromatic nitrogens is 2. The monoisotopic (exact) mass is 426 g/mol. The predicted molar refractivity (Wildman–Crippen MR) is 93.1 cm³/mol. The highest BCUT2D eigenvalue weighted by Gasteiger charge is 2.39. The van der Waals surface area contributed by atoms with Crippen LogP contribution in [-0.2, 0) is 25.0 Å². The smallest absolute Gasteiger partial charge is 0.435 e. The Morgan fingerprint density at radius 1 is 1.52 bits per heavy atom. The molecule has 152 valence electrons. The van der Waals surface area contributed by atoms with Crippen LogP contribution in [-0.4, -0.2) is 56.6 Å². The van der Waals surface area contributed by atoms with Crippen LogP contribution >= 0.6 is 19.2 Å². The second-order valence-electron chi connectivity index (χ2n) is 5.71. The first-order valence-electron chi connectivity index (χ1n) is 8.08. The Balaban J connectivity index is 2.09. The fourth-order valence-electron chi connectivity index (χ4n) is 2.49. The fourth-order valence-corrected chi connectivity index (χ4v) is 3.44. The number of aliphatic hydroxyl groups excluding tert-OH is 1. The number of H-pyrrole nitrogens is 1. The van der Waals surface area contributed by atoms with Crippen molar-refractivity contribution in [3.05, 3.63) is 32.6 Å². The molecule has 2 heterocycles. The molecule has 4 atom stereocenters. The highest BCUT2D eigenvalue weighted by atomic mass is 35.5. The molecule has 1 aromatic heterocycles.